The van der Waals surface area contributed by atoms with Crippen molar-refractivity contribution >= 4 is 29.5 Å². The fourth-order valence-corrected chi connectivity index (χ4v) is 4.86. The van der Waals surface area contributed by atoms with Crippen LogP contribution in [0.3, 0.4) is 0 Å². The molecule has 1 fully saturated rings. The van der Waals surface area contributed by atoms with Crippen LogP contribution in [0.5, 0.6) is 0 Å². The van der Waals surface area contributed by atoms with Crippen molar-refractivity contribution in [3.63, 3.8) is 0 Å². The van der Waals surface area contributed by atoms with Gasteiger partial charge in [0.2, 0.25) is 0 Å². The third-order valence-corrected chi connectivity index (χ3v) is 7.02. The molecule has 3 nitrogen and oxygen atoms in total. The number of hydrogen-bond donors (Lipinski definition) is 4. The zero-order chi connectivity index (χ0) is 11.7. The molecular weight excluding hydrogens is 249 g/mol. The van der Waals surface area contributed by atoms with Gasteiger partial charge in [-0.1, -0.05) is 38.0 Å². The predicted molar refractivity (Wildman–Crippen MR) is 70.6 cm³/mol. The fraction of sp³-hybridized carbons (Fsp3) is 1.00. The first-order valence-electron chi connectivity index (χ1n) is 5.31. The Balaban J connectivity index is 2.94. The van der Waals surface area contributed by atoms with Gasteiger partial charge in [-0.2, -0.15) is 0 Å². The molecule has 0 aromatic heterocycles. The third-order valence-electron chi connectivity index (χ3n) is 3.51. The first-order chi connectivity index (χ1) is 6.83. The zero-order valence-corrected chi connectivity index (χ0v) is 11.6. The van der Waals surface area contributed by atoms with Crippen molar-refractivity contribution in [1.82, 2.24) is 0 Å². The molecule has 0 aromatic carbocycles. The maximum absolute atomic E-state index is 10.4. The summed E-state index contributed by atoms with van der Waals surface area (Å²) in [5.41, 5.74) is 2.55. The van der Waals surface area contributed by atoms with Crippen molar-refractivity contribution in [2.75, 3.05) is 6.54 Å². The van der Waals surface area contributed by atoms with Crippen LogP contribution in [0.1, 0.15) is 32.6 Å². The van der Waals surface area contributed by atoms with Crippen LogP contribution in [0.25, 0.3) is 0 Å². The summed E-state index contributed by atoms with van der Waals surface area (Å²) in [6.07, 6.45) is 4.20. The Labute approximate surface area is 102 Å². The molecule has 0 aliphatic heterocycles. The highest BCUT2D eigenvalue weighted by molar-refractivity contribution is 8.61. The lowest BCUT2D eigenvalue weighted by atomic mass is 9.77. The fourth-order valence-electron chi connectivity index (χ4n) is 2.49. The summed E-state index contributed by atoms with van der Waals surface area (Å²) in [5, 5.41) is 9.09. The van der Waals surface area contributed by atoms with Gasteiger partial charge >= 0.3 is 0 Å². The van der Waals surface area contributed by atoms with Crippen molar-refractivity contribution in [3.8, 4) is 0 Å². The average molecular weight is 269 g/mol. The van der Waals surface area contributed by atoms with E-state index in [2.05, 4.69) is 19.2 Å². The van der Waals surface area contributed by atoms with Crippen LogP contribution >= 0.6 is 17.7 Å². The Bertz CT molecular complexity index is 271. The predicted octanol–water partition coefficient (Wildman–Crippen LogP) is 1.69. The summed E-state index contributed by atoms with van der Waals surface area (Å²) in [7, 11) is 0. The molecule has 4 N–H and O–H groups in total. The van der Waals surface area contributed by atoms with Gasteiger partial charge in [-0.25, -0.2) is 0 Å². The van der Waals surface area contributed by atoms with E-state index < -0.39 is 10.8 Å². The van der Waals surface area contributed by atoms with Gasteiger partial charge in [0, 0.05) is 6.54 Å². The second kappa shape index (κ2) is 5.03. The lowest BCUT2D eigenvalue weighted by Crippen LogP contribution is -2.47. The van der Waals surface area contributed by atoms with E-state index in [9.17, 15) is 10.00 Å². The lowest BCUT2D eigenvalue weighted by molar-refractivity contribution is 0.0206. The van der Waals surface area contributed by atoms with Crippen LogP contribution in [0.2, 0.25) is 0 Å². The van der Waals surface area contributed by atoms with Gasteiger partial charge in [0.05, 0.1) is 0 Å². The van der Waals surface area contributed by atoms with Crippen LogP contribution in [0.15, 0.2) is 0 Å². The summed E-state index contributed by atoms with van der Waals surface area (Å²) in [5.74, 6) is 0.346. The van der Waals surface area contributed by atoms with E-state index in [4.69, 9.17) is 17.5 Å². The summed E-state index contributed by atoms with van der Waals surface area (Å²) >= 11 is 8.97. The van der Waals surface area contributed by atoms with Crippen molar-refractivity contribution in [3.05, 3.63) is 0 Å². The average Bonchev–Trinajstić information content (AvgIpc) is 2.15. The van der Waals surface area contributed by atoms with Crippen molar-refractivity contribution < 1.29 is 10.00 Å². The topological polar surface area (TPSA) is 66.5 Å². The second-order valence-electron chi connectivity index (χ2n) is 4.49. The Morgan fingerprint density at radius 2 is 2.07 bits per heavy atom. The van der Waals surface area contributed by atoms with E-state index in [1.54, 1.807) is 0 Å². The van der Waals surface area contributed by atoms with E-state index in [1.807, 2.05) is 0 Å². The highest BCUT2D eigenvalue weighted by Crippen LogP contribution is 2.62. The number of thiol groups is 1. The second-order valence-corrected chi connectivity index (χ2v) is 10.5. The first kappa shape index (κ1) is 13.9. The Kier molecular flexibility index (Phi) is 4.67. The summed E-state index contributed by atoms with van der Waals surface area (Å²) in [6, 6.07) is 0. The largest absolute Gasteiger partial charge is 0.380 e. The van der Waals surface area contributed by atoms with Gasteiger partial charge in [0.15, 0.2) is 0 Å². The number of nitrogens with two attached hydrogens (primary N) is 1. The molecule has 0 radical (unpaired) electrons. The summed E-state index contributed by atoms with van der Waals surface area (Å²) in [4.78, 5) is 9.87. The van der Waals surface area contributed by atoms with E-state index in [1.165, 1.54) is 6.42 Å². The van der Waals surface area contributed by atoms with E-state index in [-0.39, 0.29) is 12.5 Å². The van der Waals surface area contributed by atoms with Gasteiger partial charge in [-0.15, -0.1) is 12.2 Å². The smallest absolute Gasteiger partial charge is 0.146 e. The van der Waals surface area contributed by atoms with E-state index >= 15 is 0 Å². The molecule has 0 amide bonds. The Morgan fingerprint density at radius 3 is 2.47 bits per heavy atom. The highest BCUT2D eigenvalue weighted by Gasteiger charge is 2.47. The minimum Gasteiger partial charge on any atom is -0.380 e. The van der Waals surface area contributed by atoms with Crippen LogP contribution in [-0.4, -0.2) is 21.9 Å². The van der Waals surface area contributed by atoms with Crippen LogP contribution in [0.4, 0.5) is 0 Å². The maximum Gasteiger partial charge on any atom is 0.146 e. The van der Waals surface area contributed by atoms with Gasteiger partial charge in [-0.3, -0.25) is 0 Å². The van der Waals surface area contributed by atoms with Crippen LogP contribution < -0.4 is 5.73 Å². The summed E-state index contributed by atoms with van der Waals surface area (Å²) in [6.45, 7) is 2.09. The highest BCUT2D eigenvalue weighted by atomic mass is 32.9. The molecule has 90 valence electrons. The molecule has 0 bridgehead atoms. The molecule has 15 heavy (non-hydrogen) atoms. The molecule has 0 spiro atoms. The number of rotatable bonds is 3. The van der Waals surface area contributed by atoms with E-state index in [0.717, 1.165) is 19.3 Å². The molecule has 0 heterocycles. The standard InChI is InChI=1S/C9H20NO2PS2/c1-7-4-2-3-5-8(7)9(11,6-10)13(12,14)15/h7-8,11H,2-6,10H2,1H3,(H2,12,14,15). The molecule has 1 aliphatic carbocycles. The third kappa shape index (κ3) is 2.76. The summed E-state index contributed by atoms with van der Waals surface area (Å²) < 4.78 is 0. The van der Waals surface area contributed by atoms with Gasteiger partial charge in [0.25, 0.3) is 0 Å². The van der Waals surface area contributed by atoms with Gasteiger partial charge in [0.1, 0.15) is 10.8 Å². The molecule has 1 rings (SSSR count). The van der Waals surface area contributed by atoms with Gasteiger partial charge < -0.3 is 15.7 Å². The molecule has 0 aromatic rings. The number of aliphatic hydroxyl groups is 1. The Hall–Kier alpha value is 0.880. The van der Waals surface area contributed by atoms with Crippen molar-refractivity contribution in [2.24, 2.45) is 17.6 Å². The van der Waals surface area contributed by atoms with E-state index in [0.29, 0.717) is 5.92 Å². The monoisotopic (exact) mass is 269 g/mol. The molecule has 1 saturated carbocycles. The Morgan fingerprint density at radius 1 is 1.53 bits per heavy atom. The molecule has 6 heteroatoms. The zero-order valence-electron chi connectivity index (χ0n) is 8.96. The molecule has 4 atom stereocenters. The van der Waals surface area contributed by atoms with Crippen molar-refractivity contribution in [2.45, 2.75) is 37.9 Å². The molecule has 1 aliphatic rings. The molecular formula is C9H20NO2PS2. The minimum absolute atomic E-state index is 0.000710. The number of hydrogen-bond acceptors (Lipinski definition) is 3. The molecule has 4 unspecified atom stereocenters. The minimum atomic E-state index is -3.04. The van der Waals surface area contributed by atoms with Crippen molar-refractivity contribution in [1.29, 1.82) is 0 Å². The van der Waals surface area contributed by atoms with Crippen LogP contribution in [-0.2, 0) is 11.8 Å². The van der Waals surface area contributed by atoms with Gasteiger partial charge in [-0.05, 0) is 18.3 Å². The first-order valence-corrected chi connectivity index (χ1v) is 9.22. The lowest BCUT2D eigenvalue weighted by Gasteiger charge is -2.43. The maximum atomic E-state index is 10.4. The molecule has 0 saturated heterocycles. The SMILES string of the molecule is CC1CCCCC1C(O)(CN)P(O)(=S)S. The van der Waals surface area contributed by atoms with Crippen LogP contribution in [0, 0.1) is 11.8 Å². The normalized spacial score (nSPS) is 35.5. The quantitative estimate of drug-likeness (QED) is 0.465.